The molecule has 11 heteroatoms. The van der Waals surface area contributed by atoms with Crippen molar-refractivity contribution in [3.8, 4) is 11.4 Å². The molecule has 0 bridgehead atoms. The Morgan fingerprint density at radius 1 is 1.17 bits per heavy atom. The number of rotatable bonds is 9. The molecular formula is C24H26Cl2N4O4S. The number of benzene rings is 2. The maximum absolute atomic E-state index is 12.6. The minimum Gasteiger partial charge on any atom is -0.492 e. The predicted octanol–water partition coefficient (Wildman–Crippen LogP) is 4.72. The molecule has 0 aliphatic rings. The minimum absolute atomic E-state index is 0.276. The largest absolute Gasteiger partial charge is 0.492 e. The van der Waals surface area contributed by atoms with Crippen molar-refractivity contribution in [3.63, 3.8) is 0 Å². The maximum atomic E-state index is 12.6. The van der Waals surface area contributed by atoms with Crippen molar-refractivity contribution in [2.24, 2.45) is 5.10 Å². The Labute approximate surface area is 215 Å². The van der Waals surface area contributed by atoms with Gasteiger partial charge in [0.25, 0.3) is 5.91 Å². The van der Waals surface area contributed by atoms with Crippen LogP contribution in [0.1, 0.15) is 23.9 Å². The Morgan fingerprint density at radius 2 is 1.89 bits per heavy atom. The summed E-state index contributed by atoms with van der Waals surface area (Å²) in [7, 11) is -3.76. The van der Waals surface area contributed by atoms with Crippen molar-refractivity contribution in [1.29, 1.82) is 0 Å². The fourth-order valence-electron chi connectivity index (χ4n) is 3.61. The van der Waals surface area contributed by atoms with Crippen molar-refractivity contribution >= 4 is 51.0 Å². The first kappa shape index (κ1) is 26.6. The molecule has 0 saturated heterocycles. The van der Waals surface area contributed by atoms with E-state index in [1.807, 2.05) is 24.5 Å². The van der Waals surface area contributed by atoms with Crippen LogP contribution < -0.4 is 14.5 Å². The molecular weight excluding hydrogens is 511 g/mol. The molecule has 186 valence electrons. The van der Waals surface area contributed by atoms with Gasteiger partial charge in [0.1, 0.15) is 12.3 Å². The number of ether oxygens (including phenoxy) is 1. The summed E-state index contributed by atoms with van der Waals surface area (Å²) in [5.74, 6) is -0.242. The topological polar surface area (TPSA) is 93.0 Å². The van der Waals surface area contributed by atoms with Gasteiger partial charge in [-0.3, -0.25) is 9.10 Å². The number of nitrogens with one attached hydrogen (secondary N) is 1. The quantitative estimate of drug-likeness (QED) is 0.316. The average molecular weight is 537 g/mol. The van der Waals surface area contributed by atoms with E-state index in [-0.39, 0.29) is 5.69 Å². The summed E-state index contributed by atoms with van der Waals surface area (Å²) in [6.07, 6.45) is 2.52. The zero-order chi connectivity index (χ0) is 25.8. The summed E-state index contributed by atoms with van der Waals surface area (Å²) in [5, 5.41) is 5.13. The Bertz CT molecular complexity index is 1370. The number of carbonyl (C=O) groups is 1. The molecule has 0 atom stereocenters. The first-order chi connectivity index (χ1) is 16.5. The van der Waals surface area contributed by atoms with E-state index in [2.05, 4.69) is 10.5 Å². The fourth-order valence-corrected chi connectivity index (χ4v) is 4.84. The molecule has 0 radical (unpaired) electrons. The van der Waals surface area contributed by atoms with Crippen LogP contribution in [0.5, 0.6) is 5.75 Å². The highest BCUT2D eigenvalue weighted by atomic mass is 35.5. The minimum atomic E-state index is -3.76. The highest BCUT2D eigenvalue weighted by Crippen LogP contribution is 2.30. The molecule has 1 N–H and O–H groups in total. The first-order valence-electron chi connectivity index (χ1n) is 10.7. The second kappa shape index (κ2) is 11.2. The van der Waals surface area contributed by atoms with Crippen LogP contribution in [0, 0.1) is 13.8 Å². The van der Waals surface area contributed by atoms with Gasteiger partial charge in [0, 0.05) is 22.0 Å². The van der Waals surface area contributed by atoms with Gasteiger partial charge in [-0.2, -0.15) is 5.10 Å². The van der Waals surface area contributed by atoms with E-state index in [9.17, 15) is 13.2 Å². The standard InChI is InChI=1S/C24H26Cl2N4O4S/c1-5-34-23-9-7-6-8-21(23)29(35(4,32)33)15-24(31)28-27-14-18-12-16(2)30(17(18)3)22-13-19(25)10-11-20(22)26/h6-14H,5,15H2,1-4H3,(H,28,31)/b27-14-. The lowest BCUT2D eigenvalue weighted by atomic mass is 10.2. The number of aryl methyl sites for hydroxylation is 1. The third-order valence-corrected chi connectivity index (χ3v) is 6.81. The summed E-state index contributed by atoms with van der Waals surface area (Å²) in [4.78, 5) is 12.6. The van der Waals surface area contributed by atoms with Crippen molar-refractivity contribution in [1.82, 2.24) is 9.99 Å². The Morgan fingerprint density at radius 3 is 2.57 bits per heavy atom. The summed E-state index contributed by atoms with van der Waals surface area (Å²) >= 11 is 12.5. The SMILES string of the molecule is CCOc1ccccc1N(CC(=O)N/N=C\c1cc(C)n(-c2cc(Cl)ccc2Cl)c1C)S(C)(=O)=O. The average Bonchev–Trinajstić information content (AvgIpc) is 3.07. The van der Waals surface area contributed by atoms with Gasteiger partial charge in [-0.25, -0.2) is 13.8 Å². The molecule has 8 nitrogen and oxygen atoms in total. The summed E-state index contributed by atoms with van der Waals surface area (Å²) in [5.41, 5.74) is 5.89. The number of sulfonamides is 1. The van der Waals surface area contributed by atoms with E-state index < -0.39 is 22.5 Å². The first-order valence-corrected chi connectivity index (χ1v) is 13.3. The highest BCUT2D eigenvalue weighted by Gasteiger charge is 2.23. The van der Waals surface area contributed by atoms with E-state index in [1.54, 1.807) is 49.4 Å². The van der Waals surface area contributed by atoms with Crippen LogP contribution in [0.15, 0.2) is 53.6 Å². The third-order valence-electron chi connectivity index (χ3n) is 5.13. The number of nitrogens with zero attached hydrogens (tertiary/aromatic N) is 3. The number of hydrazone groups is 1. The molecule has 0 fully saturated rings. The fraction of sp³-hybridized carbons (Fsp3) is 0.250. The van der Waals surface area contributed by atoms with Crippen LogP contribution >= 0.6 is 23.2 Å². The number of amides is 1. The van der Waals surface area contributed by atoms with Crippen LogP contribution in [-0.2, 0) is 14.8 Å². The van der Waals surface area contributed by atoms with Crippen LogP contribution in [0.3, 0.4) is 0 Å². The van der Waals surface area contributed by atoms with E-state index >= 15 is 0 Å². The lowest BCUT2D eigenvalue weighted by Gasteiger charge is -2.23. The van der Waals surface area contributed by atoms with Crippen molar-refractivity contribution in [3.05, 3.63) is 75.5 Å². The second-order valence-corrected chi connectivity index (χ2v) is 10.5. The number of aromatic nitrogens is 1. The molecule has 2 aromatic carbocycles. The maximum Gasteiger partial charge on any atom is 0.260 e. The third kappa shape index (κ3) is 6.36. The Hall–Kier alpha value is -3.01. The van der Waals surface area contributed by atoms with Crippen molar-refractivity contribution in [2.75, 3.05) is 23.7 Å². The van der Waals surface area contributed by atoms with Gasteiger partial charge < -0.3 is 9.30 Å². The molecule has 1 aromatic heterocycles. The lowest BCUT2D eigenvalue weighted by Crippen LogP contribution is -2.39. The molecule has 0 spiro atoms. The molecule has 1 heterocycles. The molecule has 0 aliphatic carbocycles. The van der Waals surface area contributed by atoms with Crippen LogP contribution in [0.4, 0.5) is 5.69 Å². The summed E-state index contributed by atoms with van der Waals surface area (Å²) < 4.78 is 33.3. The van der Waals surface area contributed by atoms with Gasteiger partial charge in [0.05, 0.1) is 35.5 Å². The highest BCUT2D eigenvalue weighted by molar-refractivity contribution is 7.92. The zero-order valence-electron chi connectivity index (χ0n) is 19.7. The van der Waals surface area contributed by atoms with Crippen LogP contribution in [0.25, 0.3) is 5.69 Å². The molecule has 0 aliphatic heterocycles. The summed E-state index contributed by atoms with van der Waals surface area (Å²) in [6.45, 7) is 5.49. The lowest BCUT2D eigenvalue weighted by molar-refractivity contribution is -0.119. The van der Waals surface area contributed by atoms with Crippen LogP contribution in [0.2, 0.25) is 10.0 Å². The molecule has 35 heavy (non-hydrogen) atoms. The smallest absolute Gasteiger partial charge is 0.260 e. The number of para-hydroxylation sites is 2. The van der Waals surface area contributed by atoms with E-state index in [0.29, 0.717) is 22.4 Å². The van der Waals surface area contributed by atoms with Gasteiger partial charge in [0.15, 0.2) is 0 Å². The van der Waals surface area contributed by atoms with Gasteiger partial charge in [-0.1, -0.05) is 35.3 Å². The van der Waals surface area contributed by atoms with Crippen LogP contribution in [-0.4, -0.2) is 44.5 Å². The molecule has 0 saturated carbocycles. The number of hydrogen-bond acceptors (Lipinski definition) is 5. The number of hydrogen-bond donors (Lipinski definition) is 1. The van der Waals surface area contributed by atoms with Gasteiger partial charge >= 0.3 is 0 Å². The molecule has 3 rings (SSSR count). The zero-order valence-corrected chi connectivity index (χ0v) is 22.1. The van der Waals surface area contributed by atoms with E-state index in [1.165, 1.54) is 6.21 Å². The Kier molecular flexibility index (Phi) is 8.47. The van der Waals surface area contributed by atoms with Gasteiger partial charge in [-0.05, 0) is 57.2 Å². The number of carbonyl (C=O) groups excluding carboxylic acids is 1. The van der Waals surface area contributed by atoms with Crippen molar-refractivity contribution in [2.45, 2.75) is 20.8 Å². The van der Waals surface area contributed by atoms with Crippen molar-refractivity contribution < 1.29 is 17.9 Å². The van der Waals surface area contributed by atoms with E-state index in [0.717, 1.165) is 33.2 Å². The monoisotopic (exact) mass is 536 g/mol. The number of anilines is 1. The second-order valence-electron chi connectivity index (χ2n) is 7.72. The normalized spacial score (nSPS) is 11.6. The summed E-state index contributed by atoms with van der Waals surface area (Å²) in [6, 6.07) is 13.7. The van der Waals surface area contributed by atoms with Gasteiger partial charge in [-0.15, -0.1) is 0 Å². The Balaban J connectivity index is 1.79. The molecule has 0 unspecified atom stereocenters. The molecule has 1 amide bonds. The van der Waals surface area contributed by atoms with Gasteiger partial charge in [0.2, 0.25) is 10.0 Å². The van der Waals surface area contributed by atoms with E-state index in [4.69, 9.17) is 27.9 Å². The predicted molar refractivity (Wildman–Crippen MR) is 141 cm³/mol. The number of halogens is 2. The molecule has 3 aromatic rings.